The van der Waals surface area contributed by atoms with Gasteiger partial charge in [-0.2, -0.15) is 0 Å². The van der Waals surface area contributed by atoms with Gasteiger partial charge in [0.2, 0.25) is 0 Å². The molecule has 1 fully saturated rings. The predicted octanol–water partition coefficient (Wildman–Crippen LogP) is 4.57. The third-order valence-corrected chi connectivity index (χ3v) is 4.52. The van der Waals surface area contributed by atoms with Crippen molar-refractivity contribution in [3.05, 3.63) is 42.1 Å². The van der Waals surface area contributed by atoms with Crippen molar-refractivity contribution in [2.75, 3.05) is 0 Å². The summed E-state index contributed by atoms with van der Waals surface area (Å²) in [5.74, 6) is 0.606. The Labute approximate surface area is 113 Å². The molecule has 0 aliphatic heterocycles. The van der Waals surface area contributed by atoms with E-state index in [1.165, 1.54) is 36.8 Å². The summed E-state index contributed by atoms with van der Waals surface area (Å²) in [6.07, 6.45) is 6.05. The number of benzene rings is 1. The van der Waals surface area contributed by atoms with Crippen LogP contribution in [0.3, 0.4) is 0 Å². The molecule has 1 aromatic carbocycles. The zero-order chi connectivity index (χ0) is 12.4. The van der Waals surface area contributed by atoms with Crippen molar-refractivity contribution in [3.8, 4) is 0 Å². The van der Waals surface area contributed by atoms with Crippen LogP contribution in [-0.2, 0) is 6.42 Å². The molecular formula is C16H18ClN. The molecule has 0 radical (unpaired) electrons. The van der Waals surface area contributed by atoms with E-state index in [1.807, 2.05) is 6.07 Å². The molecule has 0 saturated heterocycles. The van der Waals surface area contributed by atoms with Crippen LogP contribution in [0, 0.1) is 5.92 Å². The van der Waals surface area contributed by atoms with E-state index in [1.54, 1.807) is 0 Å². The molecule has 2 heteroatoms. The molecule has 2 unspecified atom stereocenters. The SMILES string of the molecule is ClC1CCCCC1Cc1ccc2ccccc2n1. The summed E-state index contributed by atoms with van der Waals surface area (Å²) in [5.41, 5.74) is 2.28. The standard InChI is InChI=1S/C16H18ClN/c17-15-7-3-1-6-13(15)11-14-10-9-12-5-2-4-8-16(12)18-14/h2,4-5,8-10,13,15H,1,3,6-7,11H2. The number of nitrogens with zero attached hydrogens (tertiary/aromatic N) is 1. The molecule has 3 rings (SSSR count). The highest BCUT2D eigenvalue weighted by Crippen LogP contribution is 2.31. The molecule has 18 heavy (non-hydrogen) atoms. The van der Waals surface area contributed by atoms with E-state index >= 15 is 0 Å². The summed E-state index contributed by atoms with van der Waals surface area (Å²) in [7, 11) is 0. The van der Waals surface area contributed by atoms with Crippen LogP contribution in [0.5, 0.6) is 0 Å². The van der Waals surface area contributed by atoms with E-state index < -0.39 is 0 Å². The fraction of sp³-hybridized carbons (Fsp3) is 0.438. The number of halogens is 1. The number of pyridine rings is 1. The average molecular weight is 260 g/mol. The molecule has 1 aliphatic rings. The van der Waals surface area contributed by atoms with Crippen LogP contribution in [0.2, 0.25) is 0 Å². The van der Waals surface area contributed by atoms with Gasteiger partial charge < -0.3 is 0 Å². The lowest BCUT2D eigenvalue weighted by molar-refractivity contribution is 0.361. The van der Waals surface area contributed by atoms with Gasteiger partial charge in [0, 0.05) is 16.5 Å². The first kappa shape index (κ1) is 12.0. The van der Waals surface area contributed by atoms with E-state index in [0.29, 0.717) is 11.3 Å². The lowest BCUT2D eigenvalue weighted by Crippen LogP contribution is -2.22. The van der Waals surface area contributed by atoms with Gasteiger partial charge in [-0.05, 0) is 37.3 Å². The lowest BCUT2D eigenvalue weighted by Gasteiger charge is -2.26. The maximum atomic E-state index is 6.42. The Morgan fingerprint density at radius 1 is 1.06 bits per heavy atom. The third kappa shape index (κ3) is 2.51. The molecule has 2 aromatic rings. The second-order valence-electron chi connectivity index (χ2n) is 5.26. The van der Waals surface area contributed by atoms with Gasteiger partial charge in [-0.3, -0.25) is 4.98 Å². The zero-order valence-electron chi connectivity index (χ0n) is 10.5. The van der Waals surface area contributed by atoms with Gasteiger partial charge in [0.1, 0.15) is 0 Å². The Kier molecular flexibility index (Phi) is 3.51. The van der Waals surface area contributed by atoms with Gasteiger partial charge in [0.25, 0.3) is 0 Å². The summed E-state index contributed by atoms with van der Waals surface area (Å²) in [6, 6.07) is 12.6. The van der Waals surface area contributed by atoms with Crippen LogP contribution in [0.25, 0.3) is 10.9 Å². The summed E-state index contributed by atoms with van der Waals surface area (Å²) >= 11 is 6.42. The minimum absolute atomic E-state index is 0.340. The van der Waals surface area contributed by atoms with Gasteiger partial charge in [0.15, 0.2) is 0 Å². The first-order chi connectivity index (χ1) is 8.83. The van der Waals surface area contributed by atoms with Crippen molar-refractivity contribution in [2.24, 2.45) is 5.92 Å². The van der Waals surface area contributed by atoms with Gasteiger partial charge in [-0.25, -0.2) is 0 Å². The predicted molar refractivity (Wildman–Crippen MR) is 77.0 cm³/mol. The van der Waals surface area contributed by atoms with E-state index in [2.05, 4.69) is 30.3 Å². The summed E-state index contributed by atoms with van der Waals surface area (Å²) < 4.78 is 0. The van der Waals surface area contributed by atoms with E-state index in [4.69, 9.17) is 16.6 Å². The molecule has 0 bridgehead atoms. The first-order valence-corrected chi connectivity index (χ1v) is 7.25. The molecule has 94 valence electrons. The average Bonchev–Trinajstić information content (AvgIpc) is 2.41. The highest BCUT2D eigenvalue weighted by atomic mass is 35.5. The fourth-order valence-corrected chi connectivity index (χ4v) is 3.25. The molecule has 0 spiro atoms. The number of para-hydroxylation sites is 1. The van der Waals surface area contributed by atoms with E-state index in [0.717, 1.165) is 11.9 Å². The molecule has 1 nitrogen and oxygen atoms in total. The molecule has 1 aromatic heterocycles. The van der Waals surface area contributed by atoms with Crippen molar-refractivity contribution in [1.82, 2.24) is 4.98 Å². The van der Waals surface area contributed by atoms with Gasteiger partial charge >= 0.3 is 0 Å². The van der Waals surface area contributed by atoms with Crippen molar-refractivity contribution in [3.63, 3.8) is 0 Å². The molecule has 1 aliphatic carbocycles. The molecule has 1 saturated carbocycles. The lowest BCUT2D eigenvalue weighted by atomic mass is 9.85. The summed E-state index contributed by atoms with van der Waals surface area (Å²) in [5, 5.41) is 1.55. The largest absolute Gasteiger partial charge is 0.253 e. The smallest absolute Gasteiger partial charge is 0.0705 e. The number of alkyl halides is 1. The minimum Gasteiger partial charge on any atom is -0.253 e. The van der Waals surface area contributed by atoms with Crippen LogP contribution in [0.1, 0.15) is 31.4 Å². The van der Waals surface area contributed by atoms with Crippen molar-refractivity contribution < 1.29 is 0 Å². The highest BCUT2D eigenvalue weighted by molar-refractivity contribution is 6.20. The van der Waals surface area contributed by atoms with E-state index in [-0.39, 0.29) is 0 Å². The quantitative estimate of drug-likeness (QED) is 0.720. The Morgan fingerprint density at radius 2 is 1.89 bits per heavy atom. The van der Waals surface area contributed by atoms with Crippen molar-refractivity contribution in [2.45, 2.75) is 37.5 Å². The normalized spacial score (nSPS) is 24.3. The fourth-order valence-electron chi connectivity index (χ4n) is 2.88. The number of hydrogen-bond acceptors (Lipinski definition) is 1. The molecular weight excluding hydrogens is 242 g/mol. The van der Waals surface area contributed by atoms with Gasteiger partial charge in [0.05, 0.1) is 5.52 Å². The van der Waals surface area contributed by atoms with Crippen LogP contribution in [0.15, 0.2) is 36.4 Å². The molecule has 0 amide bonds. The van der Waals surface area contributed by atoms with Crippen LogP contribution in [-0.4, -0.2) is 10.4 Å². The third-order valence-electron chi connectivity index (χ3n) is 3.94. The van der Waals surface area contributed by atoms with Crippen LogP contribution in [0.4, 0.5) is 0 Å². The molecule has 1 heterocycles. The minimum atomic E-state index is 0.340. The van der Waals surface area contributed by atoms with Crippen molar-refractivity contribution >= 4 is 22.5 Å². The van der Waals surface area contributed by atoms with Crippen LogP contribution < -0.4 is 0 Å². The second kappa shape index (κ2) is 5.27. The number of fused-ring (bicyclic) bond motifs is 1. The number of hydrogen-bond donors (Lipinski definition) is 0. The molecule has 0 N–H and O–H groups in total. The van der Waals surface area contributed by atoms with Crippen molar-refractivity contribution in [1.29, 1.82) is 0 Å². The Balaban J connectivity index is 1.81. The summed E-state index contributed by atoms with van der Waals surface area (Å²) in [4.78, 5) is 4.75. The zero-order valence-corrected chi connectivity index (χ0v) is 11.2. The Bertz CT molecular complexity index is 537. The Morgan fingerprint density at radius 3 is 2.78 bits per heavy atom. The monoisotopic (exact) mass is 259 g/mol. The topological polar surface area (TPSA) is 12.9 Å². The van der Waals surface area contributed by atoms with E-state index in [9.17, 15) is 0 Å². The maximum Gasteiger partial charge on any atom is 0.0705 e. The number of aromatic nitrogens is 1. The van der Waals surface area contributed by atoms with Gasteiger partial charge in [-0.15, -0.1) is 11.6 Å². The summed E-state index contributed by atoms with van der Waals surface area (Å²) in [6.45, 7) is 0. The Hall–Kier alpha value is -1.08. The highest BCUT2D eigenvalue weighted by Gasteiger charge is 2.23. The maximum absolute atomic E-state index is 6.42. The first-order valence-electron chi connectivity index (χ1n) is 6.82. The second-order valence-corrected chi connectivity index (χ2v) is 5.82. The van der Waals surface area contributed by atoms with Crippen LogP contribution >= 0.6 is 11.6 Å². The van der Waals surface area contributed by atoms with Gasteiger partial charge in [-0.1, -0.05) is 37.1 Å². The molecule has 2 atom stereocenters. The number of rotatable bonds is 2.